The van der Waals surface area contributed by atoms with Crippen LogP contribution in [0.25, 0.3) is 0 Å². The molecule has 2 saturated heterocycles. The van der Waals surface area contributed by atoms with Crippen LogP contribution in [0, 0.1) is 47.3 Å². The fraction of sp³-hybridized carbons (Fsp3) is 0.821. The maximum absolute atomic E-state index is 13.9. The molecule has 570 valence electrons. The molecule has 0 spiro atoms. The Morgan fingerprint density at radius 3 is 1.30 bits per heavy atom. The predicted octanol–water partition coefficient (Wildman–Crippen LogP) is 9.08. The number of carbonyl (C=O) groups is 2. The lowest BCUT2D eigenvalue weighted by Gasteiger charge is -2.38. The highest BCUT2D eigenvalue weighted by molar-refractivity contribution is 5.83. The van der Waals surface area contributed by atoms with Crippen LogP contribution in [0.2, 0.25) is 0 Å². The van der Waals surface area contributed by atoms with Crippen molar-refractivity contribution in [1.82, 2.24) is 0 Å². The van der Waals surface area contributed by atoms with Crippen molar-refractivity contribution in [3.63, 3.8) is 0 Å². The number of esters is 2. The number of carbonyl (C=O) groups excluding carboxylic acids is 2. The van der Waals surface area contributed by atoms with E-state index >= 15 is 0 Å². The number of aliphatic hydroxyl groups is 9. The third-order valence-electron chi connectivity index (χ3n) is 22.4. The zero-order valence-corrected chi connectivity index (χ0v) is 62.5. The van der Waals surface area contributed by atoms with Gasteiger partial charge in [-0.25, -0.2) is 9.59 Å². The monoisotopic (exact) mass is 1400 g/mol. The quantitative estimate of drug-likeness (QED) is 0.0514. The number of hydrogen-bond donors (Lipinski definition) is 9. The number of methoxy groups -OCH3 is 4. The summed E-state index contributed by atoms with van der Waals surface area (Å²) < 4.78 is 61.1. The number of cyclic esters (lactones) is 2. The highest BCUT2D eigenvalue weighted by Gasteiger charge is 2.43. The molecule has 99 heavy (non-hydrogen) atoms. The molecule has 4 bridgehead atoms. The van der Waals surface area contributed by atoms with Crippen LogP contribution < -0.4 is 0 Å². The molecule has 9 N–H and O–H groups in total. The minimum atomic E-state index is -1.27. The second-order valence-electron chi connectivity index (χ2n) is 30.5. The Balaban J connectivity index is 1.37. The molecule has 0 aromatic rings. The fourth-order valence-corrected chi connectivity index (χ4v) is 15.5. The first-order valence-corrected chi connectivity index (χ1v) is 37.2. The Morgan fingerprint density at radius 1 is 0.485 bits per heavy atom. The van der Waals surface area contributed by atoms with E-state index in [-0.39, 0.29) is 105 Å². The lowest BCUT2D eigenvalue weighted by molar-refractivity contribution is -0.158. The maximum atomic E-state index is 13.9. The van der Waals surface area contributed by atoms with Gasteiger partial charge in [0.15, 0.2) is 0 Å². The first kappa shape index (κ1) is 86.3. The van der Waals surface area contributed by atoms with E-state index in [2.05, 4.69) is 6.58 Å². The number of aliphatic hydroxyl groups excluding tert-OH is 9. The Hall–Kier alpha value is -3.30. The van der Waals surface area contributed by atoms with Crippen LogP contribution in [0.15, 0.2) is 72.4 Å². The van der Waals surface area contributed by atoms with Gasteiger partial charge in [-0.1, -0.05) is 104 Å². The SMILES string of the molecule is C=C1C=CC(=O)OC(C(C)C(O)C(C)CCC2CC(OC)CC(C)O2)C(C)C(O)CC(O)C(C)C(OC)CC2CC=CC(CC(O)CC=C(C)C=CC(=O)OC(C(C)C(O)C(C)CCC3CC(OC)CC(C)O3)C(C)C(O)CC(O)C(C)C(OC)CC3CC=CC(CC(O)CC1O)O3)O2. The molecule has 0 radical (unpaired) electrons. The lowest BCUT2D eigenvalue weighted by atomic mass is 9.78. The predicted molar refractivity (Wildman–Crippen MR) is 379 cm³/mol. The summed E-state index contributed by atoms with van der Waals surface area (Å²) in [5.74, 6) is -5.94. The molecular formula is C78H132O21. The van der Waals surface area contributed by atoms with Crippen LogP contribution in [0.4, 0.5) is 0 Å². The van der Waals surface area contributed by atoms with Gasteiger partial charge in [-0.3, -0.25) is 0 Å². The molecule has 0 aliphatic carbocycles. The van der Waals surface area contributed by atoms with Gasteiger partial charge < -0.3 is 93.3 Å². The largest absolute Gasteiger partial charge is 0.458 e. The van der Waals surface area contributed by atoms with E-state index in [1.54, 1.807) is 62.2 Å². The standard InChI is InChI=1S/C78H132O21/c1-44-23-28-56(79)35-58-19-17-21-60(96-58)40-71(92-15)50(7)68(83)43-70(85)53(10)78(55(12)76(89)47(4)26-30-63-39-65(91-14)34-49(6)95-63)99-74(87)32-27-45(2)66(81)37-57(80)36-59-20-18-22-61(97-59)41-72(93-16)51(8)67(82)42-69(84)52(9)77(98-73(86)31-24-44)54(11)75(88)46(3)25-29-62-38-64(90-13)33-48(5)94-62/h17-20,23-24,27,31-32,46-72,75-85,88-89H,2,21-22,25-26,28-30,33-43H2,1,3-16H3. The maximum Gasteiger partial charge on any atom is 0.331 e. The summed E-state index contributed by atoms with van der Waals surface area (Å²) in [7, 11) is 6.52. The van der Waals surface area contributed by atoms with Crippen molar-refractivity contribution in [2.45, 2.75) is 332 Å². The minimum absolute atomic E-state index is 0.0304. The summed E-state index contributed by atoms with van der Waals surface area (Å²) in [5, 5.41) is 106. The third kappa shape index (κ3) is 28.3. The van der Waals surface area contributed by atoms with E-state index in [4.69, 9.17) is 47.4 Å². The van der Waals surface area contributed by atoms with Crippen LogP contribution in [0.5, 0.6) is 0 Å². The summed E-state index contributed by atoms with van der Waals surface area (Å²) in [6.45, 7) is 24.5. The Bertz CT molecular complexity index is 2510. The number of allylic oxidation sites excluding steroid dienone is 2. The topological polar surface area (TPSA) is 309 Å². The molecule has 0 aromatic carbocycles. The average molecular weight is 1410 g/mol. The summed E-state index contributed by atoms with van der Waals surface area (Å²) in [6.07, 6.45) is 8.44. The summed E-state index contributed by atoms with van der Waals surface area (Å²) >= 11 is 0. The molecule has 31 atom stereocenters. The van der Waals surface area contributed by atoms with E-state index in [9.17, 15) is 55.5 Å². The normalized spacial score (nSPS) is 39.9. The smallest absolute Gasteiger partial charge is 0.331 e. The Labute approximate surface area is 592 Å². The van der Waals surface area contributed by atoms with Gasteiger partial charge in [0.05, 0.1) is 128 Å². The number of fused-ring (bicyclic) bond motifs is 4. The van der Waals surface area contributed by atoms with Gasteiger partial charge in [0, 0.05) is 108 Å². The minimum Gasteiger partial charge on any atom is -0.458 e. The highest BCUT2D eigenvalue weighted by atomic mass is 16.6. The van der Waals surface area contributed by atoms with Gasteiger partial charge in [-0.15, -0.1) is 0 Å². The fourth-order valence-electron chi connectivity index (χ4n) is 15.5. The third-order valence-corrected chi connectivity index (χ3v) is 22.4. The zero-order valence-electron chi connectivity index (χ0n) is 62.5. The van der Waals surface area contributed by atoms with Crippen molar-refractivity contribution in [2.75, 3.05) is 28.4 Å². The van der Waals surface area contributed by atoms with E-state index in [0.717, 1.165) is 31.8 Å². The number of hydrogen-bond acceptors (Lipinski definition) is 21. The van der Waals surface area contributed by atoms with Crippen molar-refractivity contribution in [3.05, 3.63) is 72.4 Å². The molecule has 21 nitrogen and oxygen atoms in total. The van der Waals surface area contributed by atoms with Crippen molar-refractivity contribution in [1.29, 1.82) is 0 Å². The van der Waals surface area contributed by atoms with Gasteiger partial charge >= 0.3 is 11.9 Å². The molecule has 5 rings (SSSR count). The molecule has 0 aromatic heterocycles. The van der Waals surface area contributed by atoms with Gasteiger partial charge in [0.2, 0.25) is 0 Å². The molecule has 0 amide bonds. The summed E-state index contributed by atoms with van der Waals surface area (Å²) in [5.41, 5.74) is 0.810. The molecule has 0 saturated carbocycles. The van der Waals surface area contributed by atoms with Crippen LogP contribution in [-0.4, -0.2) is 227 Å². The van der Waals surface area contributed by atoms with E-state index in [1.807, 2.05) is 78.8 Å². The van der Waals surface area contributed by atoms with Crippen LogP contribution in [0.3, 0.4) is 0 Å². The second-order valence-corrected chi connectivity index (χ2v) is 30.5. The lowest BCUT2D eigenvalue weighted by Crippen LogP contribution is -2.45. The molecule has 21 heteroatoms. The van der Waals surface area contributed by atoms with Crippen molar-refractivity contribution >= 4 is 11.9 Å². The Morgan fingerprint density at radius 2 is 0.889 bits per heavy atom. The summed E-state index contributed by atoms with van der Waals surface area (Å²) in [4.78, 5) is 27.8. The molecule has 5 aliphatic rings. The summed E-state index contributed by atoms with van der Waals surface area (Å²) in [6, 6.07) is 0. The van der Waals surface area contributed by atoms with Gasteiger partial charge in [0.25, 0.3) is 0 Å². The van der Waals surface area contributed by atoms with Crippen molar-refractivity contribution in [3.8, 4) is 0 Å². The second kappa shape index (κ2) is 43.2. The Kier molecular flexibility index (Phi) is 37.7. The molecular weight excluding hydrogens is 1270 g/mol. The van der Waals surface area contributed by atoms with Gasteiger partial charge in [-0.2, -0.15) is 0 Å². The molecule has 31 unspecified atom stereocenters. The van der Waals surface area contributed by atoms with Crippen LogP contribution in [-0.2, 0) is 57.0 Å². The number of ether oxygens (including phenoxy) is 10. The van der Waals surface area contributed by atoms with Crippen molar-refractivity contribution in [2.24, 2.45) is 47.3 Å². The number of rotatable bonds is 16. The first-order chi connectivity index (χ1) is 46.8. The molecule has 5 heterocycles. The molecule has 2 fully saturated rings. The van der Waals surface area contributed by atoms with Crippen LogP contribution in [0.1, 0.15) is 192 Å². The van der Waals surface area contributed by atoms with Crippen molar-refractivity contribution < 1.29 is 103 Å². The first-order valence-electron chi connectivity index (χ1n) is 37.2. The van der Waals surface area contributed by atoms with Gasteiger partial charge in [-0.05, 0) is 128 Å². The van der Waals surface area contributed by atoms with E-state index in [0.29, 0.717) is 56.9 Å². The average Bonchev–Trinajstić information content (AvgIpc) is 0.850. The van der Waals surface area contributed by atoms with Gasteiger partial charge in [0.1, 0.15) is 12.2 Å². The zero-order chi connectivity index (χ0) is 73.4. The van der Waals surface area contributed by atoms with Crippen LogP contribution >= 0.6 is 0 Å². The van der Waals surface area contributed by atoms with E-state index < -0.39 is 139 Å². The highest BCUT2D eigenvalue weighted by Crippen LogP contribution is 2.37. The molecule has 5 aliphatic heterocycles. The van der Waals surface area contributed by atoms with E-state index in [1.165, 1.54) is 12.2 Å².